The Morgan fingerprint density at radius 1 is 1.27 bits per heavy atom. The van der Waals surface area contributed by atoms with Crippen LogP contribution >= 0.6 is 0 Å². The predicted molar refractivity (Wildman–Crippen MR) is 58.2 cm³/mol. The summed E-state index contributed by atoms with van der Waals surface area (Å²) in [5, 5.41) is 2.78. The molecule has 0 radical (unpaired) electrons. The first kappa shape index (κ1) is 11.7. The molecule has 82 valence electrons. The van der Waals surface area contributed by atoms with Crippen molar-refractivity contribution < 1.29 is 9.18 Å². The number of amides is 1. The first-order chi connectivity index (χ1) is 7.00. The topological polar surface area (TPSA) is 29.1 Å². The minimum atomic E-state index is -0.375. The molecule has 0 aromatic heterocycles. The van der Waals surface area contributed by atoms with E-state index >= 15 is 0 Å². The van der Waals surface area contributed by atoms with Gasteiger partial charge in [0, 0.05) is 5.56 Å². The molecule has 1 aliphatic heterocycles. The largest absolute Gasteiger partial charge is 0.343 e. The Kier molecular flexibility index (Phi) is 3.12. The molecule has 15 heavy (non-hydrogen) atoms. The highest BCUT2D eigenvalue weighted by molar-refractivity contribution is 5.99. The van der Waals surface area contributed by atoms with Gasteiger partial charge in [-0.2, -0.15) is 0 Å². The van der Waals surface area contributed by atoms with Crippen LogP contribution in [0.25, 0.3) is 0 Å². The molecule has 2 nitrogen and oxygen atoms in total. The second kappa shape index (κ2) is 4.01. The van der Waals surface area contributed by atoms with E-state index < -0.39 is 0 Å². The van der Waals surface area contributed by atoms with E-state index in [-0.39, 0.29) is 17.3 Å². The molecule has 0 spiro atoms. The molecule has 3 heteroatoms. The third-order valence-corrected chi connectivity index (χ3v) is 2.33. The lowest BCUT2D eigenvalue weighted by molar-refractivity contribution is 0.0940. The lowest BCUT2D eigenvalue weighted by Crippen LogP contribution is -2.32. The highest BCUT2D eigenvalue weighted by Crippen LogP contribution is 2.30. The fraction of sp³-hybridized carbons (Fsp3) is 0.417. The Balaban J connectivity index is 0.000000531. The molecular formula is C12H16FNO. The van der Waals surface area contributed by atoms with E-state index in [1.165, 1.54) is 12.1 Å². The molecule has 1 heterocycles. The van der Waals surface area contributed by atoms with Gasteiger partial charge in [-0.1, -0.05) is 19.9 Å². The molecule has 0 fully saturated rings. The van der Waals surface area contributed by atoms with E-state index in [2.05, 4.69) is 5.32 Å². The molecule has 0 saturated carbocycles. The molecule has 1 amide bonds. The minimum absolute atomic E-state index is 0.195. The van der Waals surface area contributed by atoms with Crippen LogP contribution in [-0.2, 0) is 5.54 Å². The van der Waals surface area contributed by atoms with Gasteiger partial charge < -0.3 is 5.32 Å². The van der Waals surface area contributed by atoms with Gasteiger partial charge in [0.05, 0.1) is 5.54 Å². The number of hydrogen-bond donors (Lipinski definition) is 1. The van der Waals surface area contributed by atoms with Crippen molar-refractivity contribution in [1.82, 2.24) is 5.32 Å². The monoisotopic (exact) mass is 209 g/mol. The number of rotatable bonds is 0. The van der Waals surface area contributed by atoms with Crippen molar-refractivity contribution in [2.75, 3.05) is 0 Å². The molecule has 1 aliphatic rings. The second-order valence-corrected chi connectivity index (χ2v) is 3.77. The van der Waals surface area contributed by atoms with E-state index in [4.69, 9.17) is 0 Å². The summed E-state index contributed by atoms with van der Waals surface area (Å²) in [5.74, 6) is -0.564. The summed E-state index contributed by atoms with van der Waals surface area (Å²) in [7, 11) is 0. The Labute approximate surface area is 89.5 Å². The van der Waals surface area contributed by atoms with Gasteiger partial charge in [-0.05, 0) is 31.5 Å². The average molecular weight is 209 g/mol. The van der Waals surface area contributed by atoms with Gasteiger partial charge in [0.2, 0.25) is 0 Å². The maximum atomic E-state index is 12.8. The number of carbonyl (C=O) groups excluding carboxylic acids is 1. The standard InChI is InChI=1S/C10H10FNO.C2H6/c1-10(2)8-4-3-6(11)5-7(8)9(13)12-10;1-2/h3-5H,1-2H3,(H,12,13);1-2H3. The lowest BCUT2D eigenvalue weighted by atomic mass is 9.95. The van der Waals surface area contributed by atoms with Crippen molar-refractivity contribution in [1.29, 1.82) is 0 Å². The number of benzene rings is 1. The number of fused-ring (bicyclic) bond motifs is 1. The molecule has 0 saturated heterocycles. The van der Waals surface area contributed by atoms with E-state index in [1.54, 1.807) is 6.07 Å². The van der Waals surface area contributed by atoms with Crippen LogP contribution in [0.2, 0.25) is 0 Å². The highest BCUT2D eigenvalue weighted by atomic mass is 19.1. The Morgan fingerprint density at radius 3 is 2.47 bits per heavy atom. The van der Waals surface area contributed by atoms with Gasteiger partial charge in [0.1, 0.15) is 5.82 Å². The summed E-state index contributed by atoms with van der Waals surface area (Å²) < 4.78 is 12.8. The Morgan fingerprint density at radius 2 is 1.87 bits per heavy atom. The minimum Gasteiger partial charge on any atom is -0.343 e. The molecule has 2 rings (SSSR count). The van der Waals surface area contributed by atoms with Gasteiger partial charge >= 0.3 is 0 Å². The van der Waals surface area contributed by atoms with Crippen molar-refractivity contribution >= 4 is 5.91 Å². The van der Waals surface area contributed by atoms with Gasteiger partial charge in [-0.3, -0.25) is 4.79 Å². The Hall–Kier alpha value is -1.38. The SMILES string of the molecule is CC.CC1(C)NC(=O)c2cc(F)ccc21. The molecule has 0 aliphatic carbocycles. The molecule has 1 N–H and O–H groups in total. The summed E-state index contributed by atoms with van der Waals surface area (Å²) in [5.41, 5.74) is 0.934. The van der Waals surface area contributed by atoms with E-state index in [1.807, 2.05) is 27.7 Å². The number of carbonyl (C=O) groups is 1. The second-order valence-electron chi connectivity index (χ2n) is 3.77. The zero-order valence-corrected chi connectivity index (χ0v) is 9.52. The van der Waals surface area contributed by atoms with Crippen LogP contribution in [0.5, 0.6) is 0 Å². The van der Waals surface area contributed by atoms with Crippen LogP contribution in [0, 0.1) is 5.82 Å². The fourth-order valence-corrected chi connectivity index (χ4v) is 1.67. The van der Waals surface area contributed by atoms with Gasteiger partial charge in [0.15, 0.2) is 0 Å². The summed E-state index contributed by atoms with van der Waals surface area (Å²) in [6.45, 7) is 7.79. The van der Waals surface area contributed by atoms with Crippen molar-refractivity contribution in [3.05, 3.63) is 35.1 Å². The van der Waals surface area contributed by atoms with Crippen molar-refractivity contribution in [3.63, 3.8) is 0 Å². The van der Waals surface area contributed by atoms with Gasteiger partial charge in [-0.25, -0.2) is 4.39 Å². The summed E-state index contributed by atoms with van der Waals surface area (Å²) in [4.78, 5) is 11.4. The number of hydrogen-bond acceptors (Lipinski definition) is 1. The third-order valence-electron chi connectivity index (χ3n) is 2.33. The van der Waals surface area contributed by atoms with Crippen LogP contribution < -0.4 is 5.32 Å². The van der Waals surface area contributed by atoms with Crippen LogP contribution in [0.15, 0.2) is 18.2 Å². The quantitative estimate of drug-likeness (QED) is 0.699. The lowest BCUT2D eigenvalue weighted by Gasteiger charge is -2.18. The predicted octanol–water partition coefficient (Wildman–Crippen LogP) is 2.83. The summed E-state index contributed by atoms with van der Waals surface area (Å²) in [6.07, 6.45) is 0. The van der Waals surface area contributed by atoms with E-state index in [9.17, 15) is 9.18 Å². The van der Waals surface area contributed by atoms with Crippen LogP contribution in [-0.4, -0.2) is 5.91 Å². The normalized spacial score (nSPS) is 16.2. The van der Waals surface area contributed by atoms with Crippen molar-refractivity contribution in [2.45, 2.75) is 33.2 Å². The van der Waals surface area contributed by atoms with Crippen LogP contribution in [0.4, 0.5) is 4.39 Å². The fourth-order valence-electron chi connectivity index (χ4n) is 1.67. The molecule has 1 aromatic rings. The molecule has 0 atom stereocenters. The van der Waals surface area contributed by atoms with Crippen molar-refractivity contribution in [2.24, 2.45) is 0 Å². The van der Waals surface area contributed by atoms with Crippen LogP contribution in [0.3, 0.4) is 0 Å². The average Bonchev–Trinajstić information content (AvgIpc) is 2.40. The molecule has 0 unspecified atom stereocenters. The maximum Gasteiger partial charge on any atom is 0.252 e. The van der Waals surface area contributed by atoms with Gasteiger partial charge in [-0.15, -0.1) is 0 Å². The Bertz CT molecular complexity index is 385. The number of nitrogens with one attached hydrogen (secondary N) is 1. The highest BCUT2D eigenvalue weighted by Gasteiger charge is 2.34. The van der Waals surface area contributed by atoms with Crippen LogP contribution in [0.1, 0.15) is 43.6 Å². The summed E-state index contributed by atoms with van der Waals surface area (Å²) in [6, 6.07) is 4.31. The molecule has 1 aromatic carbocycles. The molecular weight excluding hydrogens is 193 g/mol. The zero-order valence-electron chi connectivity index (χ0n) is 9.52. The number of halogens is 1. The first-order valence-corrected chi connectivity index (χ1v) is 5.13. The maximum absolute atomic E-state index is 12.8. The van der Waals surface area contributed by atoms with E-state index in [0.29, 0.717) is 5.56 Å². The first-order valence-electron chi connectivity index (χ1n) is 5.13. The van der Waals surface area contributed by atoms with E-state index in [0.717, 1.165) is 5.56 Å². The summed E-state index contributed by atoms with van der Waals surface area (Å²) >= 11 is 0. The third kappa shape index (κ3) is 2.01. The van der Waals surface area contributed by atoms with Gasteiger partial charge in [0.25, 0.3) is 5.91 Å². The van der Waals surface area contributed by atoms with Crippen molar-refractivity contribution in [3.8, 4) is 0 Å². The smallest absolute Gasteiger partial charge is 0.252 e. The molecule has 0 bridgehead atoms. The zero-order chi connectivity index (χ0) is 11.6.